The molecule has 1 fully saturated rings. The van der Waals surface area contributed by atoms with Gasteiger partial charge in [-0.1, -0.05) is 6.07 Å². The summed E-state index contributed by atoms with van der Waals surface area (Å²) in [6, 6.07) is 6.51. The highest BCUT2D eigenvalue weighted by Crippen LogP contribution is 2.38. The van der Waals surface area contributed by atoms with Gasteiger partial charge in [0.1, 0.15) is 5.52 Å². The number of aryl methyl sites for hydroxylation is 1. The number of fused-ring (bicyclic) bond motifs is 1. The fourth-order valence-electron chi connectivity index (χ4n) is 2.68. The van der Waals surface area contributed by atoms with E-state index in [1.165, 1.54) is 5.56 Å². The van der Waals surface area contributed by atoms with Gasteiger partial charge in [0.2, 0.25) is 0 Å². The highest BCUT2D eigenvalue weighted by Gasteiger charge is 2.40. The number of aromatic nitrogens is 1. The van der Waals surface area contributed by atoms with E-state index in [4.69, 9.17) is 14.9 Å². The predicted molar refractivity (Wildman–Crippen MR) is 74.1 cm³/mol. The van der Waals surface area contributed by atoms with Gasteiger partial charge in [-0.15, -0.1) is 0 Å². The van der Waals surface area contributed by atoms with E-state index in [1.54, 1.807) is 0 Å². The lowest BCUT2D eigenvalue weighted by molar-refractivity contribution is -0.0656. The van der Waals surface area contributed by atoms with Gasteiger partial charge in [0, 0.05) is 18.4 Å². The number of hydrogen-bond acceptors (Lipinski definition) is 4. The third-order valence-electron chi connectivity index (χ3n) is 3.94. The summed E-state index contributed by atoms with van der Waals surface area (Å²) in [5.74, 6) is 0.710. The Balaban J connectivity index is 1.92. The van der Waals surface area contributed by atoms with Crippen LogP contribution in [0.2, 0.25) is 0 Å². The number of rotatable bonds is 4. The molecule has 1 aromatic heterocycles. The lowest BCUT2D eigenvalue weighted by Gasteiger charge is -2.42. The lowest BCUT2D eigenvalue weighted by Crippen LogP contribution is -2.47. The summed E-state index contributed by atoms with van der Waals surface area (Å²) >= 11 is 0. The first-order valence-electron chi connectivity index (χ1n) is 6.80. The van der Waals surface area contributed by atoms with Crippen molar-refractivity contribution in [3.8, 4) is 0 Å². The van der Waals surface area contributed by atoms with E-state index in [0.717, 1.165) is 37.2 Å². The van der Waals surface area contributed by atoms with Crippen molar-refractivity contribution in [3.05, 3.63) is 29.7 Å². The minimum atomic E-state index is 0.120. The Kier molecular flexibility index (Phi) is 3.07. The Hall–Kier alpha value is -1.39. The van der Waals surface area contributed by atoms with Crippen LogP contribution in [-0.4, -0.2) is 24.2 Å². The van der Waals surface area contributed by atoms with Gasteiger partial charge in [-0.05, 0) is 37.5 Å². The van der Waals surface area contributed by atoms with Gasteiger partial charge in [0.25, 0.3) is 0 Å². The van der Waals surface area contributed by atoms with Crippen LogP contribution in [0.4, 0.5) is 0 Å². The van der Waals surface area contributed by atoms with E-state index in [1.807, 2.05) is 13.0 Å². The van der Waals surface area contributed by atoms with Crippen molar-refractivity contribution in [1.29, 1.82) is 0 Å². The third kappa shape index (κ3) is 2.26. The van der Waals surface area contributed by atoms with Gasteiger partial charge in [0.15, 0.2) is 11.5 Å². The van der Waals surface area contributed by atoms with Crippen LogP contribution in [0, 0.1) is 6.92 Å². The van der Waals surface area contributed by atoms with Gasteiger partial charge in [-0.3, -0.25) is 0 Å². The topological polar surface area (TPSA) is 61.3 Å². The molecular formula is C15H20N2O2. The Morgan fingerprint density at radius 2 is 2.21 bits per heavy atom. The van der Waals surface area contributed by atoms with E-state index >= 15 is 0 Å². The molecule has 2 aromatic rings. The molecule has 1 atom stereocenters. The molecule has 4 nitrogen and oxygen atoms in total. The third-order valence-corrected chi connectivity index (χ3v) is 3.94. The molecule has 0 aliphatic carbocycles. The second-order valence-electron chi connectivity index (χ2n) is 5.70. The Morgan fingerprint density at radius 3 is 2.84 bits per heavy atom. The maximum absolute atomic E-state index is 5.88. The average Bonchev–Trinajstić information content (AvgIpc) is 2.66. The van der Waals surface area contributed by atoms with Crippen LogP contribution >= 0.6 is 0 Å². The molecule has 0 radical (unpaired) electrons. The van der Waals surface area contributed by atoms with Crippen molar-refractivity contribution in [3.63, 3.8) is 0 Å². The summed E-state index contributed by atoms with van der Waals surface area (Å²) in [7, 11) is 0. The zero-order valence-electron chi connectivity index (χ0n) is 11.5. The van der Waals surface area contributed by atoms with Gasteiger partial charge >= 0.3 is 0 Å². The normalized spacial score (nSPS) is 19.3. The smallest absolute Gasteiger partial charge is 0.192 e. The quantitative estimate of drug-likeness (QED) is 0.917. The number of benzene rings is 1. The van der Waals surface area contributed by atoms with Gasteiger partial charge < -0.3 is 14.9 Å². The zero-order chi connectivity index (χ0) is 13.5. The molecule has 1 saturated heterocycles. The standard InChI is InChI=1S/C15H20N2O2/c1-10(16)5-6-15(8-18-9-15)12-3-4-14-13(7-12)17-11(2)19-14/h3-4,7,10H,5-6,8-9,16H2,1-2H3. The molecule has 1 aromatic carbocycles. The molecule has 0 saturated carbocycles. The average molecular weight is 260 g/mol. The Morgan fingerprint density at radius 1 is 1.42 bits per heavy atom. The number of hydrogen-bond donors (Lipinski definition) is 1. The van der Waals surface area contributed by atoms with E-state index in [-0.39, 0.29) is 11.5 Å². The second kappa shape index (κ2) is 4.62. The molecule has 4 heteroatoms. The summed E-state index contributed by atoms with van der Waals surface area (Å²) in [4.78, 5) is 4.41. The van der Waals surface area contributed by atoms with Crippen LogP contribution in [-0.2, 0) is 10.2 Å². The summed E-state index contributed by atoms with van der Waals surface area (Å²) < 4.78 is 11.0. The molecule has 1 aliphatic rings. The molecule has 19 heavy (non-hydrogen) atoms. The fourth-order valence-corrected chi connectivity index (χ4v) is 2.68. The van der Waals surface area contributed by atoms with E-state index in [2.05, 4.69) is 24.0 Å². The number of ether oxygens (including phenoxy) is 1. The Bertz CT molecular complexity index is 585. The number of nitrogens with two attached hydrogens (primary N) is 1. The SMILES string of the molecule is Cc1nc2cc(C3(CCC(C)N)COC3)ccc2o1. The van der Waals surface area contributed by atoms with Gasteiger partial charge in [0.05, 0.1) is 13.2 Å². The van der Waals surface area contributed by atoms with Crippen molar-refractivity contribution in [2.45, 2.75) is 38.1 Å². The van der Waals surface area contributed by atoms with Crippen LogP contribution in [0.15, 0.2) is 22.6 Å². The van der Waals surface area contributed by atoms with Crippen LogP contribution < -0.4 is 5.73 Å². The maximum Gasteiger partial charge on any atom is 0.192 e. The second-order valence-corrected chi connectivity index (χ2v) is 5.70. The molecule has 0 bridgehead atoms. The van der Waals surface area contributed by atoms with Gasteiger partial charge in [-0.25, -0.2) is 4.98 Å². The van der Waals surface area contributed by atoms with Crippen molar-refractivity contribution >= 4 is 11.1 Å². The minimum Gasteiger partial charge on any atom is -0.441 e. The Labute approximate surface area is 112 Å². The molecule has 2 N–H and O–H groups in total. The van der Waals surface area contributed by atoms with Gasteiger partial charge in [-0.2, -0.15) is 0 Å². The van der Waals surface area contributed by atoms with Crippen LogP contribution in [0.1, 0.15) is 31.2 Å². The number of nitrogens with zero attached hydrogens (tertiary/aromatic N) is 1. The summed E-state index contributed by atoms with van der Waals surface area (Å²) in [6.07, 6.45) is 2.08. The molecule has 0 amide bonds. The minimum absolute atomic E-state index is 0.120. The van der Waals surface area contributed by atoms with Crippen molar-refractivity contribution in [2.24, 2.45) is 5.73 Å². The monoisotopic (exact) mass is 260 g/mol. The molecule has 2 heterocycles. The lowest BCUT2D eigenvalue weighted by atomic mass is 9.74. The summed E-state index contributed by atoms with van der Waals surface area (Å²) in [5, 5.41) is 0. The zero-order valence-corrected chi connectivity index (χ0v) is 11.5. The molecule has 0 spiro atoms. The first-order chi connectivity index (χ1) is 9.09. The largest absolute Gasteiger partial charge is 0.441 e. The first kappa shape index (κ1) is 12.6. The van der Waals surface area contributed by atoms with E-state index in [9.17, 15) is 0 Å². The van der Waals surface area contributed by atoms with Crippen molar-refractivity contribution in [2.75, 3.05) is 13.2 Å². The summed E-state index contributed by atoms with van der Waals surface area (Å²) in [5.41, 5.74) is 9.08. The van der Waals surface area contributed by atoms with Crippen molar-refractivity contribution < 1.29 is 9.15 Å². The molecule has 3 rings (SSSR count). The van der Waals surface area contributed by atoms with Crippen LogP contribution in [0.25, 0.3) is 11.1 Å². The van der Waals surface area contributed by atoms with Crippen molar-refractivity contribution in [1.82, 2.24) is 4.98 Å². The fraction of sp³-hybridized carbons (Fsp3) is 0.533. The van der Waals surface area contributed by atoms with Crippen LogP contribution in [0.5, 0.6) is 0 Å². The van der Waals surface area contributed by atoms with E-state index < -0.39 is 0 Å². The van der Waals surface area contributed by atoms with E-state index in [0.29, 0.717) is 5.89 Å². The van der Waals surface area contributed by atoms with Crippen LogP contribution in [0.3, 0.4) is 0 Å². The predicted octanol–water partition coefficient (Wildman–Crippen LogP) is 2.53. The first-order valence-corrected chi connectivity index (χ1v) is 6.80. The summed E-state index contributed by atoms with van der Waals surface area (Å²) in [6.45, 7) is 5.49. The molecular weight excluding hydrogens is 240 g/mol. The maximum atomic E-state index is 5.88. The number of oxazole rings is 1. The highest BCUT2D eigenvalue weighted by atomic mass is 16.5. The highest BCUT2D eigenvalue weighted by molar-refractivity contribution is 5.74. The molecule has 1 aliphatic heterocycles. The molecule has 1 unspecified atom stereocenters. The molecule has 102 valence electrons.